The van der Waals surface area contributed by atoms with E-state index >= 15 is 0 Å². The normalized spacial score (nSPS) is 21.2. The molecule has 0 saturated heterocycles. The van der Waals surface area contributed by atoms with E-state index in [-0.39, 0.29) is 0 Å². The summed E-state index contributed by atoms with van der Waals surface area (Å²) in [6, 6.07) is 0.543. The van der Waals surface area contributed by atoms with E-state index in [1.807, 2.05) is 0 Å². The molecule has 1 fully saturated rings. The van der Waals surface area contributed by atoms with E-state index in [4.69, 9.17) is 4.74 Å². The third-order valence-electron chi connectivity index (χ3n) is 3.22. The van der Waals surface area contributed by atoms with Gasteiger partial charge in [0.2, 0.25) is 0 Å². The molecule has 0 aromatic carbocycles. The van der Waals surface area contributed by atoms with Gasteiger partial charge < -0.3 is 4.74 Å². The van der Waals surface area contributed by atoms with Crippen molar-refractivity contribution in [2.45, 2.75) is 32.7 Å². The SMILES string of the molecule is CCN(CC1(CBr)CC1)C(C)COC. The number of rotatable bonds is 7. The number of halogens is 1. The van der Waals surface area contributed by atoms with Crippen molar-refractivity contribution < 1.29 is 4.74 Å². The average Bonchev–Trinajstić information content (AvgIpc) is 2.95. The molecule has 0 aromatic heterocycles. The molecule has 1 unspecified atom stereocenters. The van der Waals surface area contributed by atoms with Gasteiger partial charge in [0, 0.05) is 25.0 Å². The van der Waals surface area contributed by atoms with Crippen LogP contribution in [0.5, 0.6) is 0 Å². The number of hydrogen-bond donors (Lipinski definition) is 0. The highest BCUT2D eigenvalue weighted by molar-refractivity contribution is 9.09. The summed E-state index contributed by atoms with van der Waals surface area (Å²) in [6.07, 6.45) is 2.77. The molecular formula is C11H22BrNO. The van der Waals surface area contributed by atoms with Crippen molar-refractivity contribution in [1.29, 1.82) is 0 Å². The zero-order chi connectivity index (χ0) is 10.6. The molecule has 0 amide bonds. The first kappa shape index (κ1) is 12.5. The summed E-state index contributed by atoms with van der Waals surface area (Å²) in [7, 11) is 1.78. The molecule has 0 aromatic rings. The Morgan fingerprint density at radius 1 is 1.50 bits per heavy atom. The van der Waals surface area contributed by atoms with Crippen LogP contribution >= 0.6 is 15.9 Å². The maximum Gasteiger partial charge on any atom is 0.0615 e. The van der Waals surface area contributed by atoms with Gasteiger partial charge in [0.05, 0.1) is 6.61 Å². The Labute approximate surface area is 96.1 Å². The molecule has 0 N–H and O–H groups in total. The van der Waals surface area contributed by atoms with Crippen LogP contribution < -0.4 is 0 Å². The van der Waals surface area contributed by atoms with Crippen molar-refractivity contribution in [1.82, 2.24) is 4.90 Å². The fourth-order valence-corrected chi connectivity index (χ4v) is 2.61. The molecule has 1 rings (SSSR count). The van der Waals surface area contributed by atoms with Gasteiger partial charge in [-0.15, -0.1) is 0 Å². The van der Waals surface area contributed by atoms with E-state index in [0.29, 0.717) is 11.5 Å². The summed E-state index contributed by atoms with van der Waals surface area (Å²) in [6.45, 7) is 7.67. The second kappa shape index (κ2) is 5.47. The Balaban J connectivity index is 2.38. The second-order valence-electron chi connectivity index (χ2n) is 4.50. The standard InChI is InChI=1S/C11H22BrNO/c1-4-13(10(2)7-14-3)9-11(8-12)5-6-11/h10H,4-9H2,1-3H3. The summed E-state index contributed by atoms with van der Waals surface area (Å²) in [4.78, 5) is 2.53. The molecule has 0 spiro atoms. The summed E-state index contributed by atoms with van der Waals surface area (Å²) in [5.41, 5.74) is 0.581. The monoisotopic (exact) mass is 263 g/mol. The van der Waals surface area contributed by atoms with Gasteiger partial charge in [-0.25, -0.2) is 0 Å². The predicted molar refractivity (Wildman–Crippen MR) is 64.0 cm³/mol. The summed E-state index contributed by atoms with van der Waals surface area (Å²) in [5, 5.41) is 1.15. The van der Waals surface area contributed by atoms with Gasteiger partial charge in [-0.3, -0.25) is 4.90 Å². The number of alkyl halides is 1. The predicted octanol–water partition coefficient (Wildman–Crippen LogP) is 2.52. The lowest BCUT2D eigenvalue weighted by atomic mass is 10.1. The van der Waals surface area contributed by atoms with Gasteiger partial charge in [0.1, 0.15) is 0 Å². The Morgan fingerprint density at radius 3 is 2.50 bits per heavy atom. The fourth-order valence-electron chi connectivity index (χ4n) is 1.87. The van der Waals surface area contributed by atoms with E-state index < -0.39 is 0 Å². The topological polar surface area (TPSA) is 12.5 Å². The Bertz CT molecular complexity index is 171. The van der Waals surface area contributed by atoms with Crippen molar-refractivity contribution >= 4 is 15.9 Å². The van der Waals surface area contributed by atoms with Crippen LogP contribution in [0, 0.1) is 5.41 Å². The molecule has 0 radical (unpaired) electrons. The maximum atomic E-state index is 5.20. The van der Waals surface area contributed by atoms with Crippen molar-refractivity contribution in [2.75, 3.05) is 32.1 Å². The minimum absolute atomic E-state index is 0.543. The highest BCUT2D eigenvalue weighted by Gasteiger charge is 2.43. The van der Waals surface area contributed by atoms with Crippen LogP contribution in [0.2, 0.25) is 0 Å². The van der Waals surface area contributed by atoms with Gasteiger partial charge >= 0.3 is 0 Å². The highest BCUT2D eigenvalue weighted by Crippen LogP contribution is 2.47. The number of likely N-dealkylation sites (N-methyl/N-ethyl adjacent to an activating group) is 1. The second-order valence-corrected chi connectivity index (χ2v) is 5.06. The van der Waals surface area contributed by atoms with Crippen molar-refractivity contribution in [2.24, 2.45) is 5.41 Å². The minimum Gasteiger partial charge on any atom is -0.383 e. The first-order valence-corrected chi connectivity index (χ1v) is 6.58. The van der Waals surface area contributed by atoms with Crippen molar-refractivity contribution in [3.63, 3.8) is 0 Å². The van der Waals surface area contributed by atoms with Gasteiger partial charge in [-0.05, 0) is 31.7 Å². The molecule has 1 saturated carbocycles. The summed E-state index contributed by atoms with van der Waals surface area (Å²) >= 11 is 3.62. The zero-order valence-electron chi connectivity index (χ0n) is 9.55. The van der Waals surface area contributed by atoms with Crippen LogP contribution in [-0.4, -0.2) is 43.1 Å². The summed E-state index contributed by atoms with van der Waals surface area (Å²) < 4.78 is 5.20. The van der Waals surface area contributed by atoms with E-state index in [0.717, 1.165) is 18.5 Å². The number of nitrogens with zero attached hydrogens (tertiary/aromatic N) is 1. The van der Waals surface area contributed by atoms with E-state index in [2.05, 4.69) is 34.7 Å². The Morgan fingerprint density at radius 2 is 2.14 bits per heavy atom. The van der Waals surface area contributed by atoms with Crippen LogP contribution in [0.4, 0.5) is 0 Å². The summed E-state index contributed by atoms with van der Waals surface area (Å²) in [5.74, 6) is 0. The van der Waals surface area contributed by atoms with E-state index in [1.54, 1.807) is 7.11 Å². The minimum atomic E-state index is 0.543. The largest absolute Gasteiger partial charge is 0.383 e. The van der Waals surface area contributed by atoms with Crippen molar-refractivity contribution in [3.05, 3.63) is 0 Å². The van der Waals surface area contributed by atoms with Crippen molar-refractivity contribution in [3.8, 4) is 0 Å². The van der Waals surface area contributed by atoms with E-state index in [9.17, 15) is 0 Å². The van der Waals surface area contributed by atoms with Crippen LogP contribution in [0.25, 0.3) is 0 Å². The van der Waals surface area contributed by atoms with E-state index in [1.165, 1.54) is 19.4 Å². The molecule has 1 aliphatic carbocycles. The quantitative estimate of drug-likeness (QED) is 0.655. The Hall–Kier alpha value is 0.400. The molecule has 0 aliphatic heterocycles. The number of hydrogen-bond acceptors (Lipinski definition) is 2. The lowest BCUT2D eigenvalue weighted by Gasteiger charge is -2.30. The average molecular weight is 264 g/mol. The van der Waals surface area contributed by atoms with Crippen LogP contribution in [-0.2, 0) is 4.74 Å². The van der Waals surface area contributed by atoms with Crippen LogP contribution in [0.15, 0.2) is 0 Å². The number of methoxy groups -OCH3 is 1. The maximum absolute atomic E-state index is 5.20. The lowest BCUT2D eigenvalue weighted by Crippen LogP contribution is -2.40. The lowest BCUT2D eigenvalue weighted by molar-refractivity contribution is 0.0911. The number of ether oxygens (including phenoxy) is 1. The van der Waals surface area contributed by atoms with Crippen LogP contribution in [0.1, 0.15) is 26.7 Å². The molecule has 2 nitrogen and oxygen atoms in total. The molecule has 1 atom stereocenters. The van der Waals surface area contributed by atoms with Gasteiger partial charge in [0.15, 0.2) is 0 Å². The van der Waals surface area contributed by atoms with Gasteiger partial charge in [0.25, 0.3) is 0 Å². The molecular weight excluding hydrogens is 242 g/mol. The molecule has 0 heterocycles. The first-order chi connectivity index (χ1) is 6.67. The fraction of sp³-hybridized carbons (Fsp3) is 1.00. The van der Waals surface area contributed by atoms with Gasteiger partial charge in [-0.1, -0.05) is 22.9 Å². The van der Waals surface area contributed by atoms with Gasteiger partial charge in [-0.2, -0.15) is 0 Å². The first-order valence-electron chi connectivity index (χ1n) is 5.46. The third kappa shape index (κ3) is 3.21. The highest BCUT2D eigenvalue weighted by atomic mass is 79.9. The molecule has 14 heavy (non-hydrogen) atoms. The molecule has 3 heteroatoms. The smallest absolute Gasteiger partial charge is 0.0615 e. The molecule has 84 valence electrons. The third-order valence-corrected chi connectivity index (χ3v) is 4.41. The Kier molecular flexibility index (Phi) is 4.88. The molecule has 1 aliphatic rings. The van der Waals surface area contributed by atoms with Crippen LogP contribution in [0.3, 0.4) is 0 Å². The zero-order valence-corrected chi connectivity index (χ0v) is 11.1. The molecule has 0 bridgehead atoms.